The van der Waals surface area contributed by atoms with Crippen LogP contribution in [0.4, 0.5) is 29.3 Å². The Balaban J connectivity index is 0.000000659. The van der Waals surface area contributed by atoms with Gasteiger partial charge in [0.05, 0.1) is 12.2 Å². The minimum Gasteiger partial charge on any atom is -0.490 e. The smallest absolute Gasteiger partial charge is 0.427 e. The fourth-order valence-corrected chi connectivity index (χ4v) is 2.89. The molecular formula is C25H33F3N4O5. The van der Waals surface area contributed by atoms with Crippen LogP contribution in [0.5, 0.6) is 5.75 Å². The van der Waals surface area contributed by atoms with Crippen molar-refractivity contribution in [2.45, 2.75) is 45.5 Å². The monoisotopic (exact) mass is 526 g/mol. The number of anilines is 2. The van der Waals surface area contributed by atoms with Crippen LogP contribution in [0.2, 0.25) is 0 Å². The molecule has 4 N–H and O–H groups in total. The van der Waals surface area contributed by atoms with Crippen molar-refractivity contribution in [3.05, 3.63) is 54.1 Å². The predicted molar refractivity (Wildman–Crippen MR) is 135 cm³/mol. The Morgan fingerprint density at radius 3 is 2.38 bits per heavy atom. The highest BCUT2D eigenvalue weighted by Crippen LogP contribution is 2.36. The molecule has 0 aliphatic carbocycles. The first-order valence-corrected chi connectivity index (χ1v) is 11.3. The van der Waals surface area contributed by atoms with Crippen molar-refractivity contribution in [2.24, 2.45) is 5.73 Å². The highest BCUT2D eigenvalue weighted by molar-refractivity contribution is 5.86. The van der Waals surface area contributed by atoms with Gasteiger partial charge in [0.15, 0.2) is 5.90 Å². The van der Waals surface area contributed by atoms with Crippen LogP contribution in [0.1, 0.15) is 32.8 Å². The summed E-state index contributed by atoms with van der Waals surface area (Å²) < 4.78 is 53.0. The molecule has 0 saturated heterocycles. The van der Waals surface area contributed by atoms with E-state index in [0.29, 0.717) is 37.6 Å². The Kier molecular flexibility index (Phi) is 12.4. The number of halogens is 3. The Hall–Kier alpha value is -3.80. The quantitative estimate of drug-likeness (QED) is 0.272. The minimum atomic E-state index is -4.67. The molecule has 0 saturated carbocycles. The van der Waals surface area contributed by atoms with Gasteiger partial charge in [0.25, 0.3) is 6.47 Å². The van der Waals surface area contributed by atoms with Gasteiger partial charge >= 0.3 is 12.3 Å². The van der Waals surface area contributed by atoms with Gasteiger partial charge < -0.3 is 24.8 Å². The van der Waals surface area contributed by atoms with E-state index in [1.54, 1.807) is 25.1 Å². The Morgan fingerprint density at radius 1 is 1.19 bits per heavy atom. The zero-order chi connectivity index (χ0) is 28.1. The molecule has 2 aromatic rings. The van der Waals surface area contributed by atoms with Crippen LogP contribution < -0.4 is 20.7 Å². The van der Waals surface area contributed by atoms with Crippen molar-refractivity contribution < 1.29 is 37.0 Å². The van der Waals surface area contributed by atoms with E-state index in [9.17, 15) is 22.8 Å². The maximum Gasteiger partial charge on any atom is 0.427 e. The maximum atomic E-state index is 12.9. The average Bonchev–Trinajstić information content (AvgIpc) is 2.86. The van der Waals surface area contributed by atoms with Gasteiger partial charge in [-0.15, -0.1) is 0 Å². The molecule has 0 aromatic heterocycles. The standard InChI is InChI=1S/C20H21F3N2O3.C4H7NO2.CH5N/c1-19(2,20(21,22)23)28-18(26)24-15-8-9-17-16(12-15)25(10-11-27-17)13-14-6-4-3-5-7-14;1-2-4(5)7-3-6;1-2/h3-9,12H,10-11,13H2,1-2H3,(H,24,26);3,5H,2H2,1H3;2H2,1H3. The number of carbonyl (C=O) groups is 2. The number of benzene rings is 2. The number of carbonyl (C=O) groups excluding carboxylic acids is 2. The lowest BCUT2D eigenvalue weighted by atomic mass is 10.1. The van der Waals surface area contributed by atoms with Crippen LogP contribution in [0.25, 0.3) is 0 Å². The summed E-state index contributed by atoms with van der Waals surface area (Å²) in [6.45, 7) is 5.42. The van der Waals surface area contributed by atoms with Gasteiger partial charge in [-0.2, -0.15) is 13.2 Å². The van der Waals surface area contributed by atoms with Crippen LogP contribution in [0.3, 0.4) is 0 Å². The lowest BCUT2D eigenvalue weighted by Gasteiger charge is -2.32. The zero-order valence-electron chi connectivity index (χ0n) is 21.2. The summed E-state index contributed by atoms with van der Waals surface area (Å²) in [5.74, 6) is 0.659. The summed E-state index contributed by atoms with van der Waals surface area (Å²) in [5.41, 5.74) is 4.10. The van der Waals surface area contributed by atoms with Crippen molar-refractivity contribution in [1.82, 2.24) is 0 Å². The molecule has 204 valence electrons. The first-order valence-electron chi connectivity index (χ1n) is 11.3. The second-order valence-corrected chi connectivity index (χ2v) is 7.95. The number of nitrogens with one attached hydrogen (secondary N) is 2. The van der Waals surface area contributed by atoms with E-state index in [1.807, 2.05) is 30.3 Å². The van der Waals surface area contributed by atoms with E-state index in [1.165, 1.54) is 7.05 Å². The van der Waals surface area contributed by atoms with Gasteiger partial charge in [-0.3, -0.25) is 15.5 Å². The molecule has 3 rings (SSSR count). The first kappa shape index (κ1) is 31.2. The van der Waals surface area contributed by atoms with Crippen LogP contribution in [0.15, 0.2) is 48.5 Å². The molecule has 1 aliphatic rings. The lowest BCUT2D eigenvalue weighted by Crippen LogP contribution is -2.44. The fraction of sp³-hybridized carbons (Fsp3) is 0.400. The number of ether oxygens (including phenoxy) is 3. The number of fused-ring (bicyclic) bond motifs is 1. The summed E-state index contributed by atoms with van der Waals surface area (Å²) in [4.78, 5) is 23.4. The van der Waals surface area contributed by atoms with Gasteiger partial charge in [0.1, 0.15) is 12.4 Å². The molecule has 0 fully saturated rings. The molecule has 0 bridgehead atoms. The second kappa shape index (κ2) is 14.7. The van der Waals surface area contributed by atoms with Crippen LogP contribution >= 0.6 is 0 Å². The van der Waals surface area contributed by atoms with E-state index in [0.717, 1.165) is 25.1 Å². The third-order valence-electron chi connectivity index (χ3n) is 4.92. The van der Waals surface area contributed by atoms with Crippen molar-refractivity contribution >= 4 is 29.8 Å². The summed E-state index contributed by atoms with van der Waals surface area (Å²) in [5, 5.41) is 9.05. The van der Waals surface area contributed by atoms with E-state index >= 15 is 0 Å². The Labute approximate surface area is 214 Å². The summed E-state index contributed by atoms with van der Waals surface area (Å²) in [6, 6.07) is 14.8. The Bertz CT molecular complexity index is 1020. The maximum absolute atomic E-state index is 12.9. The van der Waals surface area contributed by atoms with Crippen LogP contribution in [0, 0.1) is 5.41 Å². The third-order valence-corrected chi connectivity index (χ3v) is 4.92. The van der Waals surface area contributed by atoms with Gasteiger partial charge in [-0.1, -0.05) is 37.3 Å². The van der Waals surface area contributed by atoms with E-state index < -0.39 is 17.9 Å². The molecule has 0 atom stereocenters. The van der Waals surface area contributed by atoms with E-state index in [2.05, 4.69) is 25.4 Å². The average molecular weight is 527 g/mol. The largest absolute Gasteiger partial charge is 0.490 e. The molecule has 12 heteroatoms. The molecule has 1 heterocycles. The number of rotatable bonds is 6. The fourth-order valence-electron chi connectivity index (χ4n) is 2.89. The Morgan fingerprint density at radius 2 is 1.84 bits per heavy atom. The number of nitrogens with two attached hydrogens (primary N) is 1. The van der Waals surface area contributed by atoms with Gasteiger partial charge in [0, 0.05) is 18.7 Å². The van der Waals surface area contributed by atoms with E-state index in [-0.39, 0.29) is 12.4 Å². The normalized spacial score (nSPS) is 12.3. The minimum absolute atomic E-state index is 0.00926. The molecule has 1 aliphatic heterocycles. The predicted octanol–water partition coefficient (Wildman–Crippen LogP) is 5.10. The highest BCUT2D eigenvalue weighted by Gasteiger charge is 2.51. The van der Waals surface area contributed by atoms with E-state index in [4.69, 9.17) is 10.1 Å². The van der Waals surface area contributed by atoms with Gasteiger partial charge in [0.2, 0.25) is 5.60 Å². The van der Waals surface area contributed by atoms with Gasteiger partial charge in [-0.05, 0) is 44.7 Å². The molecule has 9 nitrogen and oxygen atoms in total. The molecular weight excluding hydrogens is 493 g/mol. The zero-order valence-corrected chi connectivity index (χ0v) is 21.2. The summed E-state index contributed by atoms with van der Waals surface area (Å²) in [6.07, 6.45) is -5.37. The topological polar surface area (TPSA) is 127 Å². The molecule has 2 aromatic carbocycles. The number of hydrogen-bond acceptors (Lipinski definition) is 8. The number of amides is 1. The molecule has 0 radical (unpaired) electrons. The molecule has 0 spiro atoms. The lowest BCUT2D eigenvalue weighted by molar-refractivity contribution is -0.242. The number of alkyl halides is 3. The SMILES string of the molecule is CC(C)(OC(=O)Nc1ccc2c(c1)N(Cc1ccccc1)CCO2)C(F)(F)F.CCC(=N)OC=O.CN. The van der Waals surface area contributed by atoms with Gasteiger partial charge in [-0.25, -0.2) is 4.79 Å². The van der Waals surface area contributed by atoms with Crippen molar-refractivity contribution in [3.8, 4) is 5.75 Å². The first-order chi connectivity index (χ1) is 17.5. The summed E-state index contributed by atoms with van der Waals surface area (Å²) >= 11 is 0. The third kappa shape index (κ3) is 10.00. The van der Waals surface area contributed by atoms with Crippen LogP contribution in [-0.2, 0) is 20.8 Å². The second-order valence-electron chi connectivity index (χ2n) is 7.95. The number of hydrogen-bond donors (Lipinski definition) is 3. The molecule has 0 unspecified atom stereocenters. The van der Waals surface area contributed by atoms with Crippen LogP contribution in [-0.4, -0.2) is 50.4 Å². The number of nitrogens with zero attached hydrogens (tertiary/aromatic N) is 1. The van der Waals surface area contributed by atoms with Crippen molar-refractivity contribution in [1.29, 1.82) is 5.41 Å². The molecule has 1 amide bonds. The van der Waals surface area contributed by atoms with Crippen molar-refractivity contribution in [3.63, 3.8) is 0 Å². The van der Waals surface area contributed by atoms with Crippen molar-refractivity contribution in [2.75, 3.05) is 30.4 Å². The summed E-state index contributed by atoms with van der Waals surface area (Å²) in [7, 11) is 1.50. The highest BCUT2D eigenvalue weighted by atomic mass is 19.4. The molecule has 37 heavy (non-hydrogen) atoms.